The Morgan fingerprint density at radius 3 is 1.90 bits per heavy atom. The van der Waals surface area contributed by atoms with Crippen LogP contribution in [0.4, 0.5) is 20.2 Å². The van der Waals surface area contributed by atoms with Crippen LogP contribution in [0.1, 0.15) is 62.3 Å². The number of hydrogen-bond acceptors (Lipinski definition) is 11. The van der Waals surface area contributed by atoms with Crippen molar-refractivity contribution in [3.63, 3.8) is 0 Å². The molecule has 3 heterocycles. The Kier molecular flexibility index (Phi) is 8.60. The minimum atomic E-state index is -1.03. The molecular weight excluding hydrogens is 538 g/mol. The Bertz CT molecular complexity index is 1320. The first kappa shape index (κ1) is 31.2. The smallest absolute Gasteiger partial charge is 0.425 e. The second kappa shape index (κ2) is 11.3. The van der Waals surface area contributed by atoms with Gasteiger partial charge in [0.1, 0.15) is 36.2 Å². The van der Waals surface area contributed by atoms with E-state index in [-0.39, 0.29) is 43.2 Å². The number of ether oxygens (including phenoxy) is 3. The molecule has 41 heavy (non-hydrogen) atoms. The monoisotopic (exact) mass is 575 g/mol. The molecular formula is C26H37N7O8. The minimum absolute atomic E-state index is 0.0166. The predicted octanol–water partition coefficient (Wildman–Crippen LogP) is 3.11. The second-order valence-electron chi connectivity index (χ2n) is 12.4. The molecule has 15 heteroatoms. The van der Waals surface area contributed by atoms with Crippen molar-refractivity contribution in [2.24, 2.45) is 0 Å². The molecule has 0 unspecified atom stereocenters. The summed E-state index contributed by atoms with van der Waals surface area (Å²) in [6, 6.07) is 0. The Morgan fingerprint density at radius 2 is 1.39 bits per heavy atom. The van der Waals surface area contributed by atoms with Crippen molar-refractivity contribution in [2.45, 2.75) is 85.7 Å². The van der Waals surface area contributed by atoms with Gasteiger partial charge >= 0.3 is 18.3 Å². The lowest BCUT2D eigenvalue weighted by molar-refractivity contribution is -0.144. The van der Waals surface area contributed by atoms with E-state index in [4.69, 9.17) is 14.2 Å². The number of nitrogens with zero attached hydrogens (tertiary/aromatic N) is 7. The van der Waals surface area contributed by atoms with Crippen LogP contribution in [0.15, 0.2) is 12.7 Å². The molecule has 0 aromatic carbocycles. The Labute approximate surface area is 237 Å². The highest BCUT2D eigenvalue weighted by Gasteiger charge is 2.37. The second-order valence-corrected chi connectivity index (χ2v) is 12.4. The van der Waals surface area contributed by atoms with Gasteiger partial charge in [-0.2, -0.15) is 4.90 Å². The van der Waals surface area contributed by atoms with Gasteiger partial charge in [0.2, 0.25) is 5.91 Å². The number of aromatic nitrogens is 4. The van der Waals surface area contributed by atoms with Crippen molar-refractivity contribution in [1.29, 1.82) is 0 Å². The fourth-order valence-electron chi connectivity index (χ4n) is 3.65. The van der Waals surface area contributed by atoms with Gasteiger partial charge in [-0.15, -0.1) is 0 Å². The summed E-state index contributed by atoms with van der Waals surface area (Å²) in [7, 11) is 0. The van der Waals surface area contributed by atoms with E-state index in [1.54, 1.807) is 62.3 Å². The van der Waals surface area contributed by atoms with E-state index in [1.807, 2.05) is 0 Å². The normalized spacial score (nSPS) is 14.6. The highest BCUT2D eigenvalue weighted by atomic mass is 16.6. The molecule has 0 aliphatic carbocycles. The number of rotatable bonds is 3. The zero-order valence-electron chi connectivity index (χ0n) is 24.9. The molecule has 224 valence electrons. The van der Waals surface area contributed by atoms with Crippen molar-refractivity contribution in [2.75, 3.05) is 24.5 Å². The first-order chi connectivity index (χ1) is 18.8. The van der Waals surface area contributed by atoms with Gasteiger partial charge in [-0.3, -0.25) is 9.59 Å². The highest BCUT2D eigenvalue weighted by Crippen LogP contribution is 2.26. The van der Waals surface area contributed by atoms with Crippen LogP contribution in [-0.4, -0.2) is 95.9 Å². The van der Waals surface area contributed by atoms with Crippen LogP contribution in [0.3, 0.4) is 0 Å². The fourth-order valence-corrected chi connectivity index (χ4v) is 3.65. The third kappa shape index (κ3) is 8.11. The largest absolute Gasteiger partial charge is 0.443 e. The van der Waals surface area contributed by atoms with Gasteiger partial charge in [-0.25, -0.2) is 34.2 Å². The van der Waals surface area contributed by atoms with Gasteiger partial charge in [0.15, 0.2) is 17.0 Å². The maximum Gasteiger partial charge on any atom is 0.425 e. The third-order valence-corrected chi connectivity index (χ3v) is 5.24. The number of carbonyl (C=O) groups is 5. The third-order valence-electron chi connectivity index (χ3n) is 5.24. The van der Waals surface area contributed by atoms with E-state index in [9.17, 15) is 24.0 Å². The number of amides is 5. The van der Waals surface area contributed by atoms with Crippen molar-refractivity contribution >= 4 is 47.1 Å². The van der Waals surface area contributed by atoms with Crippen molar-refractivity contribution in [1.82, 2.24) is 29.3 Å². The van der Waals surface area contributed by atoms with E-state index in [1.165, 1.54) is 15.8 Å². The van der Waals surface area contributed by atoms with Crippen LogP contribution < -0.4 is 4.90 Å². The van der Waals surface area contributed by atoms with Gasteiger partial charge < -0.3 is 23.7 Å². The minimum Gasteiger partial charge on any atom is -0.443 e. The Morgan fingerprint density at radius 1 is 0.829 bits per heavy atom. The van der Waals surface area contributed by atoms with Crippen molar-refractivity contribution in [3.8, 4) is 0 Å². The average molecular weight is 576 g/mol. The van der Waals surface area contributed by atoms with Crippen LogP contribution in [-0.2, 0) is 30.3 Å². The van der Waals surface area contributed by atoms with E-state index >= 15 is 0 Å². The molecule has 5 amide bonds. The zero-order chi connectivity index (χ0) is 30.9. The molecule has 3 rings (SSSR count). The molecule has 1 aliphatic heterocycles. The molecule has 0 atom stereocenters. The van der Waals surface area contributed by atoms with Crippen LogP contribution in [0.25, 0.3) is 11.2 Å². The molecule has 1 aliphatic rings. The summed E-state index contributed by atoms with van der Waals surface area (Å²) in [6.45, 7) is 14.5. The quantitative estimate of drug-likeness (QED) is 0.493. The average Bonchev–Trinajstić information content (AvgIpc) is 3.19. The molecule has 1 fully saturated rings. The molecule has 0 N–H and O–H groups in total. The summed E-state index contributed by atoms with van der Waals surface area (Å²) >= 11 is 0. The molecule has 2 aromatic heterocycles. The molecule has 2 aromatic rings. The van der Waals surface area contributed by atoms with E-state index in [0.717, 1.165) is 11.2 Å². The summed E-state index contributed by atoms with van der Waals surface area (Å²) in [5.41, 5.74) is -2.43. The summed E-state index contributed by atoms with van der Waals surface area (Å²) in [5.74, 6) is -1.19. The number of fused-ring (bicyclic) bond motifs is 1. The lowest BCUT2D eigenvalue weighted by atomic mass is 10.2. The number of anilines is 1. The molecule has 0 saturated carbocycles. The van der Waals surface area contributed by atoms with E-state index in [0.29, 0.717) is 4.90 Å². The van der Waals surface area contributed by atoms with Crippen LogP contribution in [0.5, 0.6) is 0 Å². The summed E-state index contributed by atoms with van der Waals surface area (Å²) in [4.78, 5) is 79.6. The Balaban J connectivity index is 1.84. The molecule has 15 nitrogen and oxygen atoms in total. The standard InChI is InChI=1S/C26H37N7O8/c1-24(2,3)39-21(36)32-11-10-30(13-17(32)35)16(34)12-31-15-29-18-19(31)27-14-28-20(18)33(22(37)40-25(4,5)6)23(38)41-26(7,8)9/h14-15H,10-13H2,1-9H3. The lowest BCUT2D eigenvalue weighted by Gasteiger charge is -2.34. The van der Waals surface area contributed by atoms with Crippen LogP contribution >= 0.6 is 0 Å². The summed E-state index contributed by atoms with van der Waals surface area (Å²) < 4.78 is 17.5. The lowest BCUT2D eigenvalue weighted by Crippen LogP contribution is -2.55. The predicted molar refractivity (Wildman–Crippen MR) is 145 cm³/mol. The van der Waals surface area contributed by atoms with Gasteiger partial charge in [0.05, 0.1) is 6.33 Å². The van der Waals surface area contributed by atoms with Crippen molar-refractivity contribution < 1.29 is 38.2 Å². The summed E-state index contributed by atoms with van der Waals surface area (Å²) in [5, 5.41) is 0. The SMILES string of the molecule is CC(C)(C)OC(=O)N1CCN(C(=O)Cn2cnc3c(N(C(=O)OC(C)(C)C)C(=O)OC(C)(C)C)ncnc32)CC1=O. The number of imide groups is 2. The fraction of sp³-hybridized carbons (Fsp3) is 0.615. The van der Waals surface area contributed by atoms with E-state index in [2.05, 4.69) is 15.0 Å². The van der Waals surface area contributed by atoms with E-state index < -0.39 is 46.9 Å². The van der Waals surface area contributed by atoms with Crippen LogP contribution in [0.2, 0.25) is 0 Å². The first-order valence-corrected chi connectivity index (χ1v) is 13.0. The molecule has 0 spiro atoms. The van der Waals surface area contributed by atoms with Gasteiger partial charge in [0, 0.05) is 13.1 Å². The Hall–Kier alpha value is -4.30. The van der Waals surface area contributed by atoms with Crippen LogP contribution in [0, 0.1) is 0 Å². The van der Waals surface area contributed by atoms with Gasteiger partial charge in [-0.1, -0.05) is 0 Å². The maximum absolute atomic E-state index is 13.1. The number of piperazine rings is 1. The first-order valence-electron chi connectivity index (χ1n) is 13.0. The molecule has 1 saturated heterocycles. The highest BCUT2D eigenvalue weighted by molar-refractivity contribution is 6.12. The number of imidazole rings is 1. The van der Waals surface area contributed by atoms with Gasteiger partial charge in [-0.05, 0) is 62.3 Å². The summed E-state index contributed by atoms with van der Waals surface area (Å²) in [6.07, 6.45) is -0.399. The molecule has 0 radical (unpaired) electrons. The van der Waals surface area contributed by atoms with Crippen molar-refractivity contribution in [3.05, 3.63) is 12.7 Å². The zero-order valence-corrected chi connectivity index (χ0v) is 24.9. The number of carbonyl (C=O) groups excluding carboxylic acids is 5. The topological polar surface area (TPSA) is 166 Å². The number of hydrogen-bond donors (Lipinski definition) is 0. The molecule has 0 bridgehead atoms. The van der Waals surface area contributed by atoms with Gasteiger partial charge in [0.25, 0.3) is 5.91 Å². The maximum atomic E-state index is 13.1.